The molecule has 1 saturated heterocycles. The van der Waals surface area contributed by atoms with E-state index in [1.165, 1.54) is 19.3 Å². The molecule has 1 aliphatic heterocycles. The van der Waals surface area contributed by atoms with Crippen molar-refractivity contribution >= 4 is 6.08 Å². The Labute approximate surface area is 73.5 Å². The number of isocyanates is 1. The Morgan fingerprint density at radius 2 is 2.08 bits per heavy atom. The van der Waals surface area contributed by atoms with Crippen LogP contribution in [0.5, 0.6) is 0 Å². The maximum Gasteiger partial charge on any atom is 0.234 e. The standard InChI is InChI=1S/C9H16N2O/c1-9(7-10-8-12)11-5-3-2-4-6-11/h9H,2-7H2,1H3. The highest BCUT2D eigenvalue weighted by Gasteiger charge is 2.15. The van der Waals surface area contributed by atoms with Gasteiger partial charge in [0.25, 0.3) is 0 Å². The molecule has 1 heterocycles. The third kappa shape index (κ3) is 2.76. The molecule has 12 heavy (non-hydrogen) atoms. The van der Waals surface area contributed by atoms with E-state index in [1.54, 1.807) is 6.08 Å². The van der Waals surface area contributed by atoms with Gasteiger partial charge in [-0.2, -0.15) is 0 Å². The number of hydrogen-bond acceptors (Lipinski definition) is 3. The van der Waals surface area contributed by atoms with Gasteiger partial charge in [0, 0.05) is 6.04 Å². The largest absolute Gasteiger partial charge is 0.299 e. The molecule has 1 aliphatic rings. The number of aliphatic imine (C=N–C) groups is 1. The van der Waals surface area contributed by atoms with Crippen LogP contribution in [0.3, 0.4) is 0 Å². The molecule has 0 N–H and O–H groups in total. The van der Waals surface area contributed by atoms with Crippen LogP contribution in [0, 0.1) is 0 Å². The third-order valence-corrected chi connectivity index (χ3v) is 2.43. The molecule has 68 valence electrons. The number of hydrogen-bond donors (Lipinski definition) is 0. The van der Waals surface area contributed by atoms with Crippen LogP contribution in [0.15, 0.2) is 4.99 Å². The number of piperidine rings is 1. The smallest absolute Gasteiger partial charge is 0.234 e. The number of carbonyl (C=O) groups excluding carboxylic acids is 1. The average Bonchev–Trinajstić information content (AvgIpc) is 2.15. The quantitative estimate of drug-likeness (QED) is 0.468. The fourth-order valence-corrected chi connectivity index (χ4v) is 1.64. The predicted molar refractivity (Wildman–Crippen MR) is 47.9 cm³/mol. The lowest BCUT2D eigenvalue weighted by molar-refractivity contribution is 0.178. The molecular weight excluding hydrogens is 152 g/mol. The second-order valence-electron chi connectivity index (χ2n) is 3.38. The molecule has 0 amide bonds. The molecule has 0 aromatic carbocycles. The van der Waals surface area contributed by atoms with Gasteiger partial charge in [0.15, 0.2) is 0 Å². The highest BCUT2D eigenvalue weighted by atomic mass is 16.1. The van der Waals surface area contributed by atoms with Crippen molar-refractivity contribution < 1.29 is 4.79 Å². The summed E-state index contributed by atoms with van der Waals surface area (Å²) < 4.78 is 0. The van der Waals surface area contributed by atoms with Crippen LogP contribution in [0.1, 0.15) is 26.2 Å². The Balaban J connectivity index is 2.28. The summed E-state index contributed by atoms with van der Waals surface area (Å²) in [5, 5.41) is 0. The van der Waals surface area contributed by atoms with Gasteiger partial charge in [0.05, 0.1) is 6.54 Å². The van der Waals surface area contributed by atoms with Crippen LogP contribution >= 0.6 is 0 Å². The van der Waals surface area contributed by atoms with E-state index in [4.69, 9.17) is 0 Å². The lowest BCUT2D eigenvalue weighted by Crippen LogP contribution is -2.38. The van der Waals surface area contributed by atoms with Crippen LogP contribution in [0.4, 0.5) is 0 Å². The predicted octanol–water partition coefficient (Wildman–Crippen LogP) is 1.20. The molecule has 1 atom stereocenters. The zero-order valence-corrected chi connectivity index (χ0v) is 7.62. The molecule has 3 nitrogen and oxygen atoms in total. The normalized spacial score (nSPS) is 21.4. The molecule has 0 aliphatic carbocycles. The Bertz CT molecular complexity index is 169. The second kappa shape index (κ2) is 5.07. The maximum atomic E-state index is 9.88. The van der Waals surface area contributed by atoms with Gasteiger partial charge in [0.2, 0.25) is 6.08 Å². The van der Waals surface area contributed by atoms with Gasteiger partial charge in [-0.3, -0.25) is 4.90 Å². The van der Waals surface area contributed by atoms with Crippen molar-refractivity contribution in [1.29, 1.82) is 0 Å². The van der Waals surface area contributed by atoms with Gasteiger partial charge < -0.3 is 0 Å². The van der Waals surface area contributed by atoms with Gasteiger partial charge in [0.1, 0.15) is 0 Å². The van der Waals surface area contributed by atoms with E-state index in [9.17, 15) is 4.79 Å². The molecule has 0 saturated carbocycles. The van der Waals surface area contributed by atoms with Crippen molar-refractivity contribution in [3.8, 4) is 0 Å². The molecule has 0 radical (unpaired) electrons. The summed E-state index contributed by atoms with van der Waals surface area (Å²) in [7, 11) is 0. The minimum atomic E-state index is 0.409. The van der Waals surface area contributed by atoms with E-state index >= 15 is 0 Å². The van der Waals surface area contributed by atoms with Crippen molar-refractivity contribution in [2.24, 2.45) is 4.99 Å². The van der Waals surface area contributed by atoms with E-state index < -0.39 is 0 Å². The first-order chi connectivity index (χ1) is 5.84. The lowest BCUT2D eigenvalue weighted by atomic mass is 10.1. The maximum absolute atomic E-state index is 9.88. The summed E-state index contributed by atoms with van der Waals surface area (Å²) in [5.74, 6) is 0. The van der Waals surface area contributed by atoms with E-state index in [2.05, 4.69) is 16.8 Å². The van der Waals surface area contributed by atoms with Crippen LogP contribution in [0.25, 0.3) is 0 Å². The van der Waals surface area contributed by atoms with Crippen molar-refractivity contribution in [2.75, 3.05) is 19.6 Å². The Kier molecular flexibility index (Phi) is 3.98. The van der Waals surface area contributed by atoms with Crippen LogP contribution in [-0.2, 0) is 4.79 Å². The molecule has 1 unspecified atom stereocenters. The third-order valence-electron chi connectivity index (χ3n) is 2.43. The summed E-state index contributed by atoms with van der Waals surface area (Å²) in [6, 6.07) is 0.409. The van der Waals surface area contributed by atoms with Gasteiger partial charge in [-0.1, -0.05) is 6.42 Å². The summed E-state index contributed by atoms with van der Waals surface area (Å²) in [6.45, 7) is 5.04. The zero-order chi connectivity index (χ0) is 8.81. The minimum absolute atomic E-state index is 0.409. The van der Waals surface area contributed by atoms with Crippen LogP contribution < -0.4 is 0 Å². The molecule has 0 spiro atoms. The van der Waals surface area contributed by atoms with Crippen molar-refractivity contribution in [3.05, 3.63) is 0 Å². The molecule has 0 bridgehead atoms. The summed E-state index contributed by atoms with van der Waals surface area (Å²) in [6.07, 6.45) is 5.51. The Morgan fingerprint density at radius 1 is 1.42 bits per heavy atom. The SMILES string of the molecule is CC(CN=C=O)N1CCCCC1. The molecule has 1 fully saturated rings. The minimum Gasteiger partial charge on any atom is -0.299 e. The van der Waals surface area contributed by atoms with Crippen LogP contribution in [-0.4, -0.2) is 36.7 Å². The topological polar surface area (TPSA) is 32.7 Å². The highest BCUT2D eigenvalue weighted by Crippen LogP contribution is 2.11. The highest BCUT2D eigenvalue weighted by molar-refractivity contribution is 5.32. The van der Waals surface area contributed by atoms with E-state index in [1.807, 2.05) is 0 Å². The fraction of sp³-hybridized carbons (Fsp3) is 0.889. The number of nitrogens with zero attached hydrogens (tertiary/aromatic N) is 2. The van der Waals surface area contributed by atoms with Gasteiger partial charge >= 0.3 is 0 Å². The Morgan fingerprint density at radius 3 is 2.67 bits per heavy atom. The van der Waals surface area contributed by atoms with Crippen molar-refractivity contribution in [1.82, 2.24) is 4.90 Å². The summed E-state index contributed by atoms with van der Waals surface area (Å²) >= 11 is 0. The number of rotatable bonds is 3. The molecule has 1 rings (SSSR count). The van der Waals surface area contributed by atoms with Gasteiger partial charge in [-0.25, -0.2) is 9.79 Å². The zero-order valence-electron chi connectivity index (χ0n) is 7.62. The second-order valence-corrected chi connectivity index (χ2v) is 3.38. The lowest BCUT2D eigenvalue weighted by Gasteiger charge is -2.31. The van der Waals surface area contributed by atoms with Gasteiger partial charge in [-0.05, 0) is 32.9 Å². The molecular formula is C9H16N2O. The first-order valence-corrected chi connectivity index (χ1v) is 4.62. The molecule has 0 aromatic heterocycles. The van der Waals surface area contributed by atoms with Crippen molar-refractivity contribution in [3.63, 3.8) is 0 Å². The fourth-order valence-electron chi connectivity index (χ4n) is 1.64. The Hall–Kier alpha value is -0.660. The average molecular weight is 168 g/mol. The van der Waals surface area contributed by atoms with Crippen LogP contribution in [0.2, 0.25) is 0 Å². The summed E-state index contributed by atoms with van der Waals surface area (Å²) in [5.41, 5.74) is 0. The van der Waals surface area contributed by atoms with E-state index in [0.717, 1.165) is 13.1 Å². The monoisotopic (exact) mass is 168 g/mol. The first kappa shape index (κ1) is 9.43. The van der Waals surface area contributed by atoms with Crippen molar-refractivity contribution in [2.45, 2.75) is 32.2 Å². The number of likely N-dealkylation sites (tertiary alicyclic amines) is 1. The van der Waals surface area contributed by atoms with Gasteiger partial charge in [-0.15, -0.1) is 0 Å². The first-order valence-electron chi connectivity index (χ1n) is 4.62. The molecule has 0 aromatic rings. The molecule has 3 heteroatoms. The van der Waals surface area contributed by atoms with E-state index in [-0.39, 0.29) is 0 Å². The van der Waals surface area contributed by atoms with E-state index in [0.29, 0.717) is 12.6 Å². The summed E-state index contributed by atoms with van der Waals surface area (Å²) in [4.78, 5) is 15.9.